The molecule has 1 aliphatic rings. The number of hydrogen-bond acceptors (Lipinski definition) is 4. The molecule has 0 bridgehead atoms. The van der Waals surface area contributed by atoms with Crippen molar-refractivity contribution in [3.63, 3.8) is 0 Å². The first kappa shape index (κ1) is 14.3. The third-order valence-electron chi connectivity index (χ3n) is 4.05. The van der Waals surface area contributed by atoms with E-state index in [0.29, 0.717) is 0 Å². The molecule has 3 aromatic rings. The van der Waals surface area contributed by atoms with Gasteiger partial charge >= 0.3 is 0 Å². The molecule has 0 spiro atoms. The second kappa shape index (κ2) is 5.74. The summed E-state index contributed by atoms with van der Waals surface area (Å²) in [4.78, 5) is 2.35. The highest BCUT2D eigenvalue weighted by atomic mass is 32.2. The summed E-state index contributed by atoms with van der Waals surface area (Å²) < 4.78 is 2.20. The van der Waals surface area contributed by atoms with Gasteiger partial charge in [0.1, 0.15) is 0 Å². The van der Waals surface area contributed by atoms with Crippen LogP contribution in [0.2, 0.25) is 0 Å². The number of anilines is 1. The van der Waals surface area contributed by atoms with E-state index in [2.05, 4.69) is 82.0 Å². The van der Waals surface area contributed by atoms with Crippen LogP contribution in [0.3, 0.4) is 0 Å². The molecule has 4 rings (SSSR count). The van der Waals surface area contributed by atoms with Crippen molar-refractivity contribution in [2.45, 2.75) is 25.7 Å². The SMILES string of the molecule is Cc1ccc(N2CSc3nnc(-c4cccc(C)c4)n3C2)cc1. The van der Waals surface area contributed by atoms with Gasteiger partial charge in [-0.1, -0.05) is 53.2 Å². The van der Waals surface area contributed by atoms with Crippen LogP contribution in [0.4, 0.5) is 5.69 Å². The Balaban J connectivity index is 1.69. The number of hydrogen-bond donors (Lipinski definition) is 0. The van der Waals surface area contributed by atoms with Gasteiger partial charge in [-0.2, -0.15) is 0 Å². The van der Waals surface area contributed by atoms with E-state index in [-0.39, 0.29) is 0 Å². The van der Waals surface area contributed by atoms with Gasteiger partial charge in [0.05, 0.1) is 12.5 Å². The van der Waals surface area contributed by atoms with Crippen molar-refractivity contribution in [2.75, 3.05) is 10.8 Å². The van der Waals surface area contributed by atoms with Crippen molar-refractivity contribution in [1.29, 1.82) is 0 Å². The highest BCUT2D eigenvalue weighted by molar-refractivity contribution is 7.99. The molecule has 1 aromatic heterocycles. The smallest absolute Gasteiger partial charge is 0.194 e. The highest BCUT2D eigenvalue weighted by Gasteiger charge is 2.22. The average Bonchev–Trinajstić information content (AvgIpc) is 2.98. The second-order valence-electron chi connectivity index (χ2n) is 5.89. The van der Waals surface area contributed by atoms with Crippen molar-refractivity contribution < 1.29 is 0 Å². The monoisotopic (exact) mass is 322 g/mol. The number of fused-ring (bicyclic) bond motifs is 1. The quantitative estimate of drug-likeness (QED) is 0.711. The first-order valence-corrected chi connectivity index (χ1v) is 8.64. The fraction of sp³-hybridized carbons (Fsp3) is 0.222. The maximum atomic E-state index is 4.42. The Bertz CT molecular complexity index is 838. The summed E-state index contributed by atoms with van der Waals surface area (Å²) in [6.07, 6.45) is 0. The van der Waals surface area contributed by atoms with E-state index in [1.165, 1.54) is 16.8 Å². The van der Waals surface area contributed by atoms with Gasteiger partial charge in [0.25, 0.3) is 0 Å². The molecule has 0 fully saturated rings. The van der Waals surface area contributed by atoms with Crippen molar-refractivity contribution in [2.24, 2.45) is 0 Å². The summed E-state index contributed by atoms with van der Waals surface area (Å²) in [7, 11) is 0. The van der Waals surface area contributed by atoms with Crippen molar-refractivity contribution >= 4 is 17.4 Å². The molecule has 116 valence electrons. The van der Waals surface area contributed by atoms with Crippen LogP contribution in [0, 0.1) is 13.8 Å². The van der Waals surface area contributed by atoms with Crippen molar-refractivity contribution in [3.8, 4) is 11.4 Å². The molecule has 1 aliphatic heterocycles. The van der Waals surface area contributed by atoms with E-state index in [0.717, 1.165) is 29.1 Å². The van der Waals surface area contributed by atoms with E-state index in [9.17, 15) is 0 Å². The molecule has 0 saturated heterocycles. The maximum absolute atomic E-state index is 4.42. The lowest BCUT2D eigenvalue weighted by atomic mass is 10.1. The molecule has 0 unspecified atom stereocenters. The number of aromatic nitrogens is 3. The van der Waals surface area contributed by atoms with Crippen LogP contribution in [-0.2, 0) is 6.67 Å². The van der Waals surface area contributed by atoms with E-state index in [4.69, 9.17) is 0 Å². The van der Waals surface area contributed by atoms with Crippen LogP contribution >= 0.6 is 11.8 Å². The Labute approximate surface area is 140 Å². The van der Waals surface area contributed by atoms with Gasteiger partial charge in [0.15, 0.2) is 11.0 Å². The molecule has 5 heteroatoms. The normalized spacial score (nSPS) is 13.9. The fourth-order valence-corrected chi connectivity index (χ4v) is 3.68. The summed E-state index contributed by atoms with van der Waals surface area (Å²) in [5, 5.41) is 9.76. The van der Waals surface area contributed by atoms with Crippen LogP contribution < -0.4 is 4.90 Å². The van der Waals surface area contributed by atoms with Crippen molar-refractivity contribution in [1.82, 2.24) is 14.8 Å². The van der Waals surface area contributed by atoms with Crippen LogP contribution in [0.5, 0.6) is 0 Å². The van der Waals surface area contributed by atoms with E-state index in [1.807, 2.05) is 0 Å². The van der Waals surface area contributed by atoms with Gasteiger partial charge in [-0.3, -0.25) is 4.57 Å². The molecule has 4 nitrogen and oxygen atoms in total. The average molecular weight is 322 g/mol. The highest BCUT2D eigenvalue weighted by Crippen LogP contribution is 2.31. The summed E-state index contributed by atoms with van der Waals surface area (Å²) in [5.74, 6) is 1.84. The lowest BCUT2D eigenvalue weighted by Gasteiger charge is -2.29. The Morgan fingerprint density at radius 2 is 1.78 bits per heavy atom. The first-order valence-electron chi connectivity index (χ1n) is 7.65. The van der Waals surface area contributed by atoms with Gasteiger partial charge in [-0.05, 0) is 32.0 Å². The predicted octanol–water partition coefficient (Wildman–Crippen LogP) is 4.09. The minimum atomic E-state index is 0.779. The minimum absolute atomic E-state index is 0.779. The summed E-state index contributed by atoms with van der Waals surface area (Å²) in [5.41, 5.74) is 4.87. The number of aryl methyl sites for hydroxylation is 2. The lowest BCUT2D eigenvalue weighted by molar-refractivity contribution is 0.608. The number of thioether (sulfide) groups is 1. The Morgan fingerprint density at radius 3 is 2.57 bits per heavy atom. The van der Waals surface area contributed by atoms with Crippen LogP contribution in [-0.4, -0.2) is 20.6 Å². The molecular formula is C18H18N4S. The zero-order valence-corrected chi connectivity index (χ0v) is 14.0. The molecule has 0 N–H and O–H groups in total. The molecule has 2 aromatic carbocycles. The molecule has 0 atom stereocenters. The lowest BCUT2D eigenvalue weighted by Crippen LogP contribution is -2.30. The topological polar surface area (TPSA) is 34.0 Å². The summed E-state index contributed by atoms with van der Waals surface area (Å²) in [6, 6.07) is 17.1. The Kier molecular flexibility index (Phi) is 3.58. The molecule has 0 radical (unpaired) electrons. The van der Waals surface area contributed by atoms with Crippen LogP contribution in [0.15, 0.2) is 53.7 Å². The van der Waals surface area contributed by atoms with Crippen LogP contribution in [0.25, 0.3) is 11.4 Å². The standard InChI is InChI=1S/C18H18N4S/c1-13-6-8-16(9-7-13)21-11-22-17(19-20-18(22)23-12-21)15-5-3-4-14(2)10-15/h3-10H,11-12H2,1-2H3. The molecule has 0 aliphatic carbocycles. The van der Waals surface area contributed by atoms with E-state index >= 15 is 0 Å². The zero-order chi connectivity index (χ0) is 15.8. The second-order valence-corrected chi connectivity index (χ2v) is 6.81. The fourth-order valence-electron chi connectivity index (χ4n) is 2.78. The van der Waals surface area contributed by atoms with Gasteiger partial charge in [-0.25, -0.2) is 0 Å². The molecule has 2 heterocycles. The third-order valence-corrected chi connectivity index (χ3v) is 5.05. The maximum Gasteiger partial charge on any atom is 0.194 e. The molecular weight excluding hydrogens is 304 g/mol. The largest absolute Gasteiger partial charge is 0.344 e. The van der Waals surface area contributed by atoms with Gasteiger partial charge in [-0.15, -0.1) is 10.2 Å². The molecule has 0 amide bonds. The number of rotatable bonds is 2. The van der Waals surface area contributed by atoms with Crippen molar-refractivity contribution in [3.05, 3.63) is 59.7 Å². The molecule has 23 heavy (non-hydrogen) atoms. The van der Waals surface area contributed by atoms with Crippen LogP contribution in [0.1, 0.15) is 11.1 Å². The Morgan fingerprint density at radius 1 is 0.957 bits per heavy atom. The van der Waals surface area contributed by atoms with Gasteiger partial charge in [0, 0.05) is 11.3 Å². The zero-order valence-electron chi connectivity index (χ0n) is 13.2. The van der Waals surface area contributed by atoms with Gasteiger partial charge < -0.3 is 4.90 Å². The minimum Gasteiger partial charge on any atom is -0.344 e. The van der Waals surface area contributed by atoms with E-state index < -0.39 is 0 Å². The predicted molar refractivity (Wildman–Crippen MR) is 94.6 cm³/mol. The first-order chi connectivity index (χ1) is 11.2. The number of nitrogens with zero attached hydrogens (tertiary/aromatic N) is 4. The molecule has 0 saturated carbocycles. The van der Waals surface area contributed by atoms with Gasteiger partial charge in [0.2, 0.25) is 0 Å². The summed E-state index contributed by atoms with van der Waals surface area (Å²) in [6.45, 7) is 4.99. The third kappa shape index (κ3) is 2.72. The Hall–Kier alpha value is -2.27. The van der Waals surface area contributed by atoms with E-state index in [1.54, 1.807) is 11.8 Å². The number of benzene rings is 2. The summed E-state index contributed by atoms with van der Waals surface area (Å²) >= 11 is 1.73.